The van der Waals surface area contributed by atoms with Gasteiger partial charge in [-0.1, -0.05) is 13.3 Å². The van der Waals surface area contributed by atoms with E-state index < -0.39 is 18.0 Å². The molecule has 1 unspecified atom stereocenters. The Balaban J connectivity index is 2.72. The number of carbonyl (C=O) groups excluding carboxylic acids is 1. The Morgan fingerprint density at radius 3 is 2.25 bits per heavy atom. The van der Waals surface area contributed by atoms with E-state index in [4.69, 9.17) is 0 Å². The zero-order valence-electron chi connectivity index (χ0n) is 8.65. The Hall–Kier alpha value is -0.880. The summed E-state index contributed by atoms with van der Waals surface area (Å²) in [5.41, 5.74) is 0. The minimum Gasteiger partial charge on any atom is -0.337 e. The number of likely N-dealkylation sites (tertiary alicyclic amines) is 1. The van der Waals surface area contributed by atoms with Gasteiger partial charge in [0.1, 0.15) is 0 Å². The molecule has 7 heteroatoms. The van der Waals surface area contributed by atoms with Crippen LogP contribution in [0.3, 0.4) is 0 Å². The maximum Gasteiger partial charge on any atom is 0.463 e. The van der Waals surface area contributed by atoms with Gasteiger partial charge in [0, 0.05) is 13.1 Å². The molecular formula is C9H12F5NO. The number of amides is 1. The van der Waals surface area contributed by atoms with E-state index in [0.717, 1.165) is 0 Å². The van der Waals surface area contributed by atoms with Gasteiger partial charge >= 0.3 is 18.0 Å². The molecule has 1 heterocycles. The van der Waals surface area contributed by atoms with Gasteiger partial charge in [0.05, 0.1) is 0 Å². The van der Waals surface area contributed by atoms with Gasteiger partial charge in [-0.25, -0.2) is 0 Å². The van der Waals surface area contributed by atoms with E-state index in [1.807, 2.05) is 0 Å². The minimum atomic E-state index is -5.81. The van der Waals surface area contributed by atoms with Gasteiger partial charge in [0.15, 0.2) is 0 Å². The summed E-state index contributed by atoms with van der Waals surface area (Å²) >= 11 is 0. The molecule has 1 atom stereocenters. The summed E-state index contributed by atoms with van der Waals surface area (Å²) in [7, 11) is 0. The van der Waals surface area contributed by atoms with Gasteiger partial charge in [0.2, 0.25) is 0 Å². The molecule has 2 nitrogen and oxygen atoms in total. The number of hydrogen-bond acceptors (Lipinski definition) is 1. The van der Waals surface area contributed by atoms with Crippen LogP contribution in [0.5, 0.6) is 0 Å². The van der Waals surface area contributed by atoms with Crippen LogP contribution in [-0.2, 0) is 4.79 Å². The molecule has 0 aliphatic carbocycles. The highest BCUT2D eigenvalue weighted by Crippen LogP contribution is 2.38. The van der Waals surface area contributed by atoms with Crippen LogP contribution in [0.25, 0.3) is 0 Å². The molecule has 1 aliphatic heterocycles. The summed E-state index contributed by atoms with van der Waals surface area (Å²) in [6.45, 7) is 1.77. The van der Waals surface area contributed by atoms with Crippen molar-refractivity contribution in [3.63, 3.8) is 0 Å². The van der Waals surface area contributed by atoms with Crippen molar-refractivity contribution in [3.05, 3.63) is 0 Å². The number of halogens is 5. The fraction of sp³-hybridized carbons (Fsp3) is 0.889. The Morgan fingerprint density at radius 2 is 1.88 bits per heavy atom. The van der Waals surface area contributed by atoms with E-state index in [-0.39, 0.29) is 19.0 Å². The number of nitrogens with zero attached hydrogens (tertiary/aromatic N) is 1. The van der Waals surface area contributed by atoms with Gasteiger partial charge in [-0.3, -0.25) is 4.79 Å². The van der Waals surface area contributed by atoms with Gasteiger partial charge in [-0.05, 0) is 12.3 Å². The SMILES string of the molecule is CCC1CCN(C(=O)C(F)(F)C(F)(F)F)C1. The average Bonchev–Trinajstić information content (AvgIpc) is 2.62. The maximum atomic E-state index is 12.7. The standard InChI is InChI=1S/C9H12F5NO/c1-2-6-3-4-15(5-6)7(16)8(10,11)9(12,13)14/h6H,2-5H2,1H3. The van der Waals surface area contributed by atoms with Crippen LogP contribution < -0.4 is 0 Å². The molecule has 0 N–H and O–H groups in total. The zero-order valence-corrected chi connectivity index (χ0v) is 8.65. The average molecular weight is 245 g/mol. The summed E-state index contributed by atoms with van der Waals surface area (Å²) in [6.07, 6.45) is -4.66. The second-order valence-electron chi connectivity index (χ2n) is 3.89. The predicted octanol–water partition coefficient (Wildman–Crippen LogP) is 2.44. The lowest BCUT2D eigenvalue weighted by atomic mass is 10.1. The molecule has 0 aromatic heterocycles. The Bertz CT molecular complexity index is 276. The highest BCUT2D eigenvalue weighted by atomic mass is 19.4. The van der Waals surface area contributed by atoms with Crippen molar-refractivity contribution < 1.29 is 26.7 Å². The van der Waals surface area contributed by atoms with Gasteiger partial charge in [0.25, 0.3) is 0 Å². The lowest BCUT2D eigenvalue weighted by Crippen LogP contribution is -2.51. The fourth-order valence-corrected chi connectivity index (χ4v) is 1.67. The fourth-order valence-electron chi connectivity index (χ4n) is 1.67. The summed E-state index contributed by atoms with van der Waals surface area (Å²) in [5, 5.41) is 0. The summed E-state index contributed by atoms with van der Waals surface area (Å²) in [6, 6.07) is 0. The molecule has 0 aromatic rings. The first-order valence-corrected chi connectivity index (χ1v) is 4.94. The molecule has 1 fully saturated rings. The Morgan fingerprint density at radius 1 is 1.31 bits per heavy atom. The van der Waals surface area contributed by atoms with Crippen LogP contribution in [0.1, 0.15) is 19.8 Å². The second kappa shape index (κ2) is 4.18. The van der Waals surface area contributed by atoms with E-state index in [1.54, 1.807) is 6.92 Å². The minimum absolute atomic E-state index is 0.0129. The first kappa shape index (κ1) is 13.2. The largest absolute Gasteiger partial charge is 0.463 e. The predicted molar refractivity (Wildman–Crippen MR) is 46.0 cm³/mol. The second-order valence-corrected chi connectivity index (χ2v) is 3.89. The molecule has 94 valence electrons. The van der Waals surface area contributed by atoms with E-state index >= 15 is 0 Å². The lowest BCUT2D eigenvalue weighted by molar-refractivity contribution is -0.274. The molecule has 0 spiro atoms. The first-order chi connectivity index (χ1) is 7.20. The molecule has 0 bridgehead atoms. The Labute approximate surface area is 89.4 Å². The quantitative estimate of drug-likeness (QED) is 0.684. The summed E-state index contributed by atoms with van der Waals surface area (Å²) in [4.78, 5) is 11.6. The molecule has 16 heavy (non-hydrogen) atoms. The third-order valence-electron chi connectivity index (χ3n) is 2.78. The van der Waals surface area contributed by atoms with E-state index in [2.05, 4.69) is 0 Å². The van der Waals surface area contributed by atoms with Crippen LogP contribution in [-0.4, -0.2) is 36.0 Å². The monoisotopic (exact) mass is 245 g/mol. The molecule has 1 saturated heterocycles. The maximum absolute atomic E-state index is 12.7. The van der Waals surface area contributed by atoms with Crippen molar-refractivity contribution in [2.24, 2.45) is 5.92 Å². The van der Waals surface area contributed by atoms with Gasteiger partial charge in [-0.2, -0.15) is 22.0 Å². The van der Waals surface area contributed by atoms with Crippen molar-refractivity contribution in [3.8, 4) is 0 Å². The molecule has 0 aromatic carbocycles. The Kier molecular flexibility index (Phi) is 3.44. The van der Waals surface area contributed by atoms with E-state index in [0.29, 0.717) is 17.7 Å². The van der Waals surface area contributed by atoms with Crippen molar-refractivity contribution in [2.45, 2.75) is 31.9 Å². The van der Waals surface area contributed by atoms with Crippen molar-refractivity contribution in [1.29, 1.82) is 0 Å². The van der Waals surface area contributed by atoms with Crippen molar-refractivity contribution in [2.75, 3.05) is 13.1 Å². The summed E-state index contributed by atoms with van der Waals surface area (Å²) in [5.74, 6) is -7.38. The third kappa shape index (κ3) is 2.27. The lowest BCUT2D eigenvalue weighted by Gasteiger charge is -2.24. The highest BCUT2D eigenvalue weighted by molar-refractivity contribution is 5.84. The number of hydrogen-bond donors (Lipinski definition) is 0. The van der Waals surface area contributed by atoms with Crippen LogP contribution >= 0.6 is 0 Å². The van der Waals surface area contributed by atoms with Gasteiger partial charge in [-0.15, -0.1) is 0 Å². The van der Waals surface area contributed by atoms with Crippen LogP contribution in [0, 0.1) is 5.92 Å². The van der Waals surface area contributed by atoms with E-state index in [9.17, 15) is 26.7 Å². The van der Waals surface area contributed by atoms with Crippen LogP contribution in [0.15, 0.2) is 0 Å². The number of carbonyl (C=O) groups is 1. The normalized spacial score (nSPS) is 22.6. The van der Waals surface area contributed by atoms with Crippen molar-refractivity contribution in [1.82, 2.24) is 4.90 Å². The summed E-state index contributed by atoms with van der Waals surface area (Å²) < 4.78 is 61.1. The molecule has 0 saturated carbocycles. The topological polar surface area (TPSA) is 20.3 Å². The highest BCUT2D eigenvalue weighted by Gasteiger charge is 2.64. The third-order valence-corrected chi connectivity index (χ3v) is 2.78. The smallest absolute Gasteiger partial charge is 0.337 e. The molecule has 1 aliphatic rings. The molecule has 1 amide bonds. The van der Waals surface area contributed by atoms with Crippen molar-refractivity contribution >= 4 is 5.91 Å². The molecule has 0 radical (unpaired) electrons. The number of rotatable bonds is 2. The molecule has 1 rings (SSSR count). The molecular weight excluding hydrogens is 233 g/mol. The van der Waals surface area contributed by atoms with Gasteiger partial charge < -0.3 is 4.90 Å². The van der Waals surface area contributed by atoms with Crippen LogP contribution in [0.2, 0.25) is 0 Å². The zero-order chi connectivity index (χ0) is 12.6. The van der Waals surface area contributed by atoms with E-state index in [1.165, 1.54) is 0 Å². The number of alkyl halides is 5. The van der Waals surface area contributed by atoms with Crippen LogP contribution in [0.4, 0.5) is 22.0 Å². The first-order valence-electron chi connectivity index (χ1n) is 4.94.